The number of amides is 1. The van der Waals surface area contributed by atoms with Crippen LogP contribution in [0.5, 0.6) is 0 Å². The fourth-order valence-electron chi connectivity index (χ4n) is 2.62. The van der Waals surface area contributed by atoms with Crippen LogP contribution in [0.25, 0.3) is 0 Å². The van der Waals surface area contributed by atoms with E-state index in [1.54, 1.807) is 18.5 Å². The van der Waals surface area contributed by atoms with Crippen molar-refractivity contribution in [1.82, 2.24) is 9.88 Å². The number of pyridine rings is 1. The largest absolute Gasteiger partial charge is 0.339 e. The minimum Gasteiger partial charge on any atom is -0.339 e. The summed E-state index contributed by atoms with van der Waals surface area (Å²) in [5.41, 5.74) is 6.68. The number of aromatic nitrogens is 1. The third kappa shape index (κ3) is 3.58. The van der Waals surface area contributed by atoms with Crippen LogP contribution in [0.15, 0.2) is 18.5 Å². The summed E-state index contributed by atoms with van der Waals surface area (Å²) in [5, 5.41) is 0. The van der Waals surface area contributed by atoms with Crippen LogP contribution < -0.4 is 5.73 Å². The summed E-state index contributed by atoms with van der Waals surface area (Å²) in [5.74, 6) is 5.71. The van der Waals surface area contributed by atoms with Gasteiger partial charge >= 0.3 is 0 Å². The minimum atomic E-state index is 0.0285. The van der Waals surface area contributed by atoms with Crippen LogP contribution in [0.3, 0.4) is 0 Å². The molecule has 0 unspecified atom stereocenters. The van der Waals surface area contributed by atoms with Crippen LogP contribution in [-0.2, 0) is 0 Å². The molecule has 0 radical (unpaired) electrons. The SMILES string of the molecule is CN(C(=O)c1cncc(C#CCN)c1)C1CCCCC1. The molecule has 0 saturated heterocycles. The fourth-order valence-corrected chi connectivity index (χ4v) is 2.62. The van der Waals surface area contributed by atoms with Crippen molar-refractivity contribution in [3.8, 4) is 11.8 Å². The molecular weight excluding hydrogens is 250 g/mol. The topological polar surface area (TPSA) is 59.2 Å². The molecule has 0 bridgehead atoms. The monoisotopic (exact) mass is 271 g/mol. The summed E-state index contributed by atoms with van der Waals surface area (Å²) in [6.45, 7) is 0.306. The lowest BCUT2D eigenvalue weighted by Gasteiger charge is -2.31. The second kappa shape index (κ2) is 7.06. The number of nitrogens with zero attached hydrogens (tertiary/aromatic N) is 2. The van der Waals surface area contributed by atoms with Crippen LogP contribution >= 0.6 is 0 Å². The van der Waals surface area contributed by atoms with E-state index >= 15 is 0 Å². The van der Waals surface area contributed by atoms with Gasteiger partial charge in [-0.1, -0.05) is 31.1 Å². The zero-order chi connectivity index (χ0) is 14.4. The Kier molecular flexibility index (Phi) is 5.14. The molecule has 1 aliphatic rings. The van der Waals surface area contributed by atoms with Gasteiger partial charge in [-0.05, 0) is 18.9 Å². The minimum absolute atomic E-state index is 0.0285. The Bertz CT molecular complexity index is 524. The molecule has 106 valence electrons. The Morgan fingerprint density at radius 3 is 2.85 bits per heavy atom. The van der Waals surface area contributed by atoms with E-state index in [1.807, 2.05) is 11.9 Å². The molecule has 0 spiro atoms. The van der Waals surface area contributed by atoms with E-state index in [0.29, 0.717) is 18.2 Å². The van der Waals surface area contributed by atoms with E-state index in [0.717, 1.165) is 18.4 Å². The smallest absolute Gasteiger partial charge is 0.255 e. The van der Waals surface area contributed by atoms with Crippen molar-refractivity contribution >= 4 is 5.91 Å². The third-order valence-electron chi connectivity index (χ3n) is 3.76. The van der Waals surface area contributed by atoms with E-state index < -0.39 is 0 Å². The fraction of sp³-hybridized carbons (Fsp3) is 0.500. The summed E-state index contributed by atoms with van der Waals surface area (Å²) in [7, 11) is 1.89. The summed E-state index contributed by atoms with van der Waals surface area (Å²) in [6.07, 6.45) is 9.16. The molecule has 0 atom stereocenters. The van der Waals surface area contributed by atoms with Gasteiger partial charge in [-0.25, -0.2) is 0 Å². The summed E-state index contributed by atoms with van der Waals surface area (Å²) < 4.78 is 0. The van der Waals surface area contributed by atoms with Crippen molar-refractivity contribution < 1.29 is 4.79 Å². The highest BCUT2D eigenvalue weighted by Gasteiger charge is 2.23. The second-order valence-electron chi connectivity index (χ2n) is 5.18. The molecule has 0 aliphatic heterocycles. The van der Waals surface area contributed by atoms with Gasteiger partial charge in [-0.15, -0.1) is 0 Å². The van der Waals surface area contributed by atoms with Crippen molar-refractivity contribution in [2.24, 2.45) is 5.73 Å². The van der Waals surface area contributed by atoms with Gasteiger partial charge < -0.3 is 10.6 Å². The van der Waals surface area contributed by atoms with Gasteiger partial charge in [-0.3, -0.25) is 9.78 Å². The van der Waals surface area contributed by atoms with Gasteiger partial charge in [0, 0.05) is 31.0 Å². The molecule has 20 heavy (non-hydrogen) atoms. The zero-order valence-electron chi connectivity index (χ0n) is 11.9. The van der Waals surface area contributed by atoms with Crippen LogP contribution in [0.2, 0.25) is 0 Å². The van der Waals surface area contributed by atoms with Crippen molar-refractivity contribution in [3.63, 3.8) is 0 Å². The first-order valence-corrected chi connectivity index (χ1v) is 7.13. The van der Waals surface area contributed by atoms with E-state index in [2.05, 4.69) is 16.8 Å². The molecule has 1 aliphatic carbocycles. The Morgan fingerprint density at radius 1 is 1.40 bits per heavy atom. The van der Waals surface area contributed by atoms with Gasteiger partial charge in [0.1, 0.15) is 0 Å². The van der Waals surface area contributed by atoms with E-state index in [-0.39, 0.29) is 5.91 Å². The molecule has 1 heterocycles. The predicted octanol–water partition coefficient (Wildman–Crippen LogP) is 1.80. The van der Waals surface area contributed by atoms with Crippen molar-refractivity contribution in [1.29, 1.82) is 0 Å². The van der Waals surface area contributed by atoms with Crippen molar-refractivity contribution in [2.75, 3.05) is 13.6 Å². The molecular formula is C16H21N3O. The average molecular weight is 271 g/mol. The molecule has 2 N–H and O–H groups in total. The lowest BCUT2D eigenvalue weighted by molar-refractivity contribution is 0.0696. The van der Waals surface area contributed by atoms with Crippen molar-refractivity contribution in [3.05, 3.63) is 29.6 Å². The maximum absolute atomic E-state index is 12.5. The van der Waals surface area contributed by atoms with Crippen molar-refractivity contribution in [2.45, 2.75) is 38.1 Å². The van der Waals surface area contributed by atoms with Gasteiger partial charge in [0.2, 0.25) is 0 Å². The Labute approximate surface area is 120 Å². The Morgan fingerprint density at radius 2 is 2.15 bits per heavy atom. The highest BCUT2D eigenvalue weighted by Crippen LogP contribution is 2.22. The molecule has 1 fully saturated rings. The van der Waals surface area contributed by atoms with Crippen LogP contribution in [0.4, 0.5) is 0 Å². The van der Waals surface area contributed by atoms with E-state index in [1.165, 1.54) is 19.3 Å². The third-order valence-corrected chi connectivity index (χ3v) is 3.76. The standard InChI is InChI=1S/C16H21N3O/c1-19(15-7-3-2-4-8-15)16(20)14-10-13(6-5-9-17)11-18-12-14/h10-12,15H,2-4,7-9,17H2,1H3. The summed E-state index contributed by atoms with van der Waals surface area (Å²) in [4.78, 5) is 18.4. The summed E-state index contributed by atoms with van der Waals surface area (Å²) >= 11 is 0. The van der Waals surface area contributed by atoms with E-state index in [9.17, 15) is 4.79 Å². The predicted molar refractivity (Wildman–Crippen MR) is 79.1 cm³/mol. The number of nitrogens with two attached hydrogens (primary N) is 1. The summed E-state index contributed by atoms with van der Waals surface area (Å²) in [6, 6.07) is 2.15. The molecule has 1 aromatic rings. The van der Waals surface area contributed by atoms with Gasteiger partial charge in [0.25, 0.3) is 5.91 Å². The first kappa shape index (κ1) is 14.5. The molecule has 1 amide bonds. The number of carbonyl (C=O) groups excluding carboxylic acids is 1. The Hall–Kier alpha value is -1.86. The normalized spacial score (nSPS) is 15.3. The molecule has 1 saturated carbocycles. The van der Waals surface area contributed by atoms with E-state index in [4.69, 9.17) is 5.73 Å². The first-order chi connectivity index (χ1) is 9.72. The first-order valence-electron chi connectivity index (χ1n) is 7.13. The highest BCUT2D eigenvalue weighted by atomic mass is 16.2. The van der Waals surface area contributed by atoms with Gasteiger partial charge in [-0.2, -0.15) is 0 Å². The maximum atomic E-state index is 12.5. The number of hydrogen-bond acceptors (Lipinski definition) is 3. The van der Waals surface area contributed by atoms with Crippen LogP contribution in [0.1, 0.15) is 48.0 Å². The van der Waals surface area contributed by atoms with Crippen LogP contribution in [-0.4, -0.2) is 35.4 Å². The molecule has 0 aromatic carbocycles. The van der Waals surface area contributed by atoms with Gasteiger partial charge in [0.15, 0.2) is 0 Å². The molecule has 4 nitrogen and oxygen atoms in total. The maximum Gasteiger partial charge on any atom is 0.255 e. The number of carbonyl (C=O) groups is 1. The molecule has 2 rings (SSSR count). The average Bonchev–Trinajstić information content (AvgIpc) is 2.52. The number of rotatable bonds is 2. The Balaban J connectivity index is 2.11. The lowest BCUT2D eigenvalue weighted by Crippen LogP contribution is -2.38. The van der Waals surface area contributed by atoms with Crippen LogP contribution in [0, 0.1) is 11.8 Å². The molecule has 1 aromatic heterocycles. The second-order valence-corrected chi connectivity index (χ2v) is 5.18. The highest BCUT2D eigenvalue weighted by molar-refractivity contribution is 5.94. The lowest BCUT2D eigenvalue weighted by atomic mass is 9.94. The zero-order valence-corrected chi connectivity index (χ0v) is 11.9. The number of hydrogen-bond donors (Lipinski definition) is 1. The van der Waals surface area contributed by atoms with Gasteiger partial charge in [0.05, 0.1) is 12.1 Å². The quantitative estimate of drug-likeness (QED) is 0.834. The molecule has 4 heteroatoms.